The summed E-state index contributed by atoms with van der Waals surface area (Å²) in [5, 5.41) is 0.700. The van der Waals surface area contributed by atoms with E-state index in [9.17, 15) is 18.0 Å². The van der Waals surface area contributed by atoms with Gasteiger partial charge in [-0.05, 0) is 38.6 Å². The molecule has 4 rings (SSSR count). The van der Waals surface area contributed by atoms with Crippen LogP contribution in [-0.4, -0.2) is 66.5 Å². The molecule has 0 N–H and O–H groups in total. The summed E-state index contributed by atoms with van der Waals surface area (Å²) >= 11 is 0. The van der Waals surface area contributed by atoms with Crippen molar-refractivity contribution in [2.75, 3.05) is 44.7 Å². The molecule has 1 aromatic carbocycles. The fourth-order valence-electron chi connectivity index (χ4n) is 4.16. The zero-order valence-corrected chi connectivity index (χ0v) is 15.7. The van der Waals surface area contributed by atoms with Gasteiger partial charge in [0.05, 0.1) is 11.6 Å². The van der Waals surface area contributed by atoms with Gasteiger partial charge in [0, 0.05) is 37.3 Å². The molecular formula is C20H23F3N4O. The second-order valence-corrected chi connectivity index (χ2v) is 7.49. The highest BCUT2D eigenvalue weighted by atomic mass is 19.4. The zero-order chi connectivity index (χ0) is 19.9. The Balaban J connectivity index is 1.56. The quantitative estimate of drug-likeness (QED) is 0.788. The highest BCUT2D eigenvalue weighted by molar-refractivity contribution is 5.92. The second kappa shape index (κ2) is 7.24. The van der Waals surface area contributed by atoms with Crippen LogP contribution in [0.25, 0.3) is 10.9 Å². The number of likely N-dealkylation sites (N-methyl/N-ethyl adjacent to an activating group) is 1. The molecule has 150 valence electrons. The number of halogens is 3. The Morgan fingerprint density at radius 2 is 1.82 bits per heavy atom. The number of anilines is 1. The Morgan fingerprint density at radius 3 is 2.46 bits per heavy atom. The van der Waals surface area contributed by atoms with E-state index >= 15 is 0 Å². The molecule has 0 saturated carbocycles. The van der Waals surface area contributed by atoms with E-state index in [0.717, 1.165) is 25.5 Å². The Labute approximate surface area is 161 Å². The summed E-state index contributed by atoms with van der Waals surface area (Å²) in [5.41, 5.74) is -0.0197. The van der Waals surface area contributed by atoms with Gasteiger partial charge in [0.25, 0.3) is 0 Å². The first kappa shape index (κ1) is 19.0. The molecule has 1 aromatic heterocycles. The molecule has 0 bridgehead atoms. The third-order valence-corrected chi connectivity index (χ3v) is 5.72. The predicted molar refractivity (Wildman–Crippen MR) is 101 cm³/mol. The number of hydrogen-bond donors (Lipinski definition) is 0. The van der Waals surface area contributed by atoms with Crippen LogP contribution in [0.3, 0.4) is 0 Å². The molecule has 2 aromatic rings. The summed E-state index contributed by atoms with van der Waals surface area (Å²) in [6.07, 6.45) is -2.60. The Morgan fingerprint density at radius 1 is 1.11 bits per heavy atom. The first-order valence-electron chi connectivity index (χ1n) is 9.55. The average Bonchev–Trinajstić information content (AvgIpc) is 3.12. The first-order valence-corrected chi connectivity index (χ1v) is 9.55. The molecule has 2 fully saturated rings. The van der Waals surface area contributed by atoms with Crippen molar-refractivity contribution in [3.05, 3.63) is 36.0 Å². The number of hydrogen-bond acceptors (Lipinski definition) is 4. The minimum atomic E-state index is -4.50. The number of para-hydroxylation sites is 1. The van der Waals surface area contributed by atoms with Gasteiger partial charge in [0.1, 0.15) is 5.69 Å². The fraction of sp³-hybridized carbons (Fsp3) is 0.500. The maximum absolute atomic E-state index is 13.3. The van der Waals surface area contributed by atoms with Crippen LogP contribution in [0.4, 0.5) is 18.9 Å². The lowest BCUT2D eigenvalue weighted by Crippen LogP contribution is -2.53. The third kappa shape index (κ3) is 3.53. The summed E-state index contributed by atoms with van der Waals surface area (Å²) in [5.74, 6) is 0.134. The van der Waals surface area contributed by atoms with Crippen molar-refractivity contribution >= 4 is 22.5 Å². The molecular weight excluding hydrogens is 369 g/mol. The van der Waals surface area contributed by atoms with E-state index in [1.807, 2.05) is 16.8 Å². The van der Waals surface area contributed by atoms with Gasteiger partial charge in [-0.1, -0.05) is 18.2 Å². The Bertz CT molecular complexity index is 877. The number of rotatable bonds is 2. The fourth-order valence-corrected chi connectivity index (χ4v) is 4.16. The normalized spacial score (nSPS) is 21.5. The molecule has 0 unspecified atom stereocenters. The first-order chi connectivity index (χ1) is 13.3. The van der Waals surface area contributed by atoms with E-state index < -0.39 is 11.9 Å². The summed E-state index contributed by atoms with van der Waals surface area (Å²) in [6, 6.07) is 7.95. The van der Waals surface area contributed by atoms with Crippen molar-refractivity contribution < 1.29 is 18.0 Å². The van der Waals surface area contributed by atoms with Crippen molar-refractivity contribution in [3.8, 4) is 0 Å². The predicted octanol–water partition coefficient (Wildman–Crippen LogP) is 3.00. The number of piperazine rings is 1. The molecule has 2 saturated heterocycles. The summed E-state index contributed by atoms with van der Waals surface area (Å²) in [6.45, 7) is 2.98. The van der Waals surface area contributed by atoms with Crippen molar-refractivity contribution in [3.63, 3.8) is 0 Å². The molecule has 0 spiro atoms. The third-order valence-electron chi connectivity index (χ3n) is 5.72. The molecule has 8 heteroatoms. The van der Waals surface area contributed by atoms with Crippen molar-refractivity contribution in [2.45, 2.75) is 25.1 Å². The number of alkyl halides is 3. The van der Waals surface area contributed by atoms with E-state index in [2.05, 4.69) is 9.88 Å². The van der Waals surface area contributed by atoms with Crippen LogP contribution < -0.4 is 4.90 Å². The smallest absolute Gasteiger partial charge is 0.367 e. The molecule has 0 radical (unpaired) electrons. The lowest BCUT2D eigenvalue weighted by molar-refractivity contribution is -0.141. The van der Waals surface area contributed by atoms with E-state index in [1.165, 1.54) is 0 Å². The van der Waals surface area contributed by atoms with E-state index in [1.54, 1.807) is 24.3 Å². The molecule has 1 amide bonds. The molecule has 2 aliphatic heterocycles. The number of pyridine rings is 1. The molecule has 28 heavy (non-hydrogen) atoms. The van der Waals surface area contributed by atoms with Gasteiger partial charge in [-0.2, -0.15) is 13.2 Å². The van der Waals surface area contributed by atoms with E-state index in [4.69, 9.17) is 0 Å². The number of benzene rings is 1. The average molecular weight is 392 g/mol. The number of likely N-dealkylation sites (tertiary alicyclic amines) is 1. The number of amides is 1. The topological polar surface area (TPSA) is 39.7 Å². The molecule has 2 aliphatic rings. The van der Waals surface area contributed by atoms with E-state index in [0.29, 0.717) is 42.8 Å². The highest BCUT2D eigenvalue weighted by Gasteiger charge is 2.35. The minimum Gasteiger partial charge on any atom is -0.367 e. The summed E-state index contributed by atoms with van der Waals surface area (Å²) in [4.78, 5) is 22.4. The molecule has 5 nitrogen and oxygen atoms in total. The van der Waals surface area contributed by atoms with Crippen LogP contribution in [0.5, 0.6) is 0 Å². The molecule has 3 heterocycles. The standard InChI is InChI=1S/C20H23F3N4O/c1-25-8-4-7-16(25)19(28)27-11-9-26(10-12-27)17-13-18(20(21,22)23)24-15-6-3-2-5-14(15)17/h2-3,5-6,13,16H,4,7-12H2,1H3/t16-/m0/s1. The lowest BCUT2D eigenvalue weighted by atomic mass is 10.1. The number of nitrogens with zero attached hydrogens (tertiary/aromatic N) is 4. The second-order valence-electron chi connectivity index (χ2n) is 7.49. The monoisotopic (exact) mass is 392 g/mol. The van der Waals surface area contributed by atoms with Crippen molar-refractivity contribution in [1.29, 1.82) is 0 Å². The maximum atomic E-state index is 13.3. The van der Waals surface area contributed by atoms with Gasteiger partial charge in [0.2, 0.25) is 5.91 Å². The highest BCUT2D eigenvalue weighted by Crippen LogP contribution is 2.35. The minimum absolute atomic E-state index is 0.0647. The summed E-state index contributed by atoms with van der Waals surface area (Å²) in [7, 11) is 1.97. The lowest BCUT2D eigenvalue weighted by Gasteiger charge is -2.38. The Hall–Kier alpha value is -2.35. The number of carbonyl (C=O) groups is 1. The van der Waals surface area contributed by atoms with Crippen LogP contribution in [-0.2, 0) is 11.0 Å². The van der Waals surface area contributed by atoms with Gasteiger partial charge in [-0.15, -0.1) is 0 Å². The van der Waals surface area contributed by atoms with Gasteiger partial charge in [-0.25, -0.2) is 4.98 Å². The van der Waals surface area contributed by atoms with Crippen molar-refractivity contribution in [2.24, 2.45) is 0 Å². The van der Waals surface area contributed by atoms with Gasteiger partial charge < -0.3 is 9.80 Å². The SMILES string of the molecule is CN1CCC[C@H]1C(=O)N1CCN(c2cc(C(F)(F)F)nc3ccccc23)CC1. The maximum Gasteiger partial charge on any atom is 0.433 e. The number of carbonyl (C=O) groups excluding carboxylic acids is 1. The number of aromatic nitrogens is 1. The zero-order valence-electron chi connectivity index (χ0n) is 15.7. The van der Waals surface area contributed by atoms with E-state index in [-0.39, 0.29) is 11.9 Å². The van der Waals surface area contributed by atoms with Crippen LogP contribution in [0, 0.1) is 0 Å². The Kier molecular flexibility index (Phi) is 4.91. The van der Waals surface area contributed by atoms with Gasteiger partial charge in [-0.3, -0.25) is 9.69 Å². The van der Waals surface area contributed by atoms with Crippen LogP contribution >= 0.6 is 0 Å². The molecule has 1 atom stereocenters. The largest absolute Gasteiger partial charge is 0.433 e. The van der Waals surface area contributed by atoms with Gasteiger partial charge >= 0.3 is 6.18 Å². The van der Waals surface area contributed by atoms with Crippen molar-refractivity contribution in [1.82, 2.24) is 14.8 Å². The van der Waals surface area contributed by atoms with Crippen LogP contribution in [0.15, 0.2) is 30.3 Å². The number of fused-ring (bicyclic) bond motifs is 1. The summed E-state index contributed by atoms with van der Waals surface area (Å²) < 4.78 is 39.9. The molecule has 0 aliphatic carbocycles. The van der Waals surface area contributed by atoms with Crippen LogP contribution in [0.2, 0.25) is 0 Å². The van der Waals surface area contributed by atoms with Gasteiger partial charge in [0.15, 0.2) is 0 Å². The van der Waals surface area contributed by atoms with Crippen LogP contribution in [0.1, 0.15) is 18.5 Å².